The highest BCUT2D eigenvalue weighted by Gasteiger charge is 2.23. The van der Waals surface area contributed by atoms with Crippen LogP contribution in [0.25, 0.3) is 0 Å². The maximum Gasteiger partial charge on any atom is 0.123 e. The molecule has 1 heterocycles. The molecule has 0 aromatic heterocycles. The van der Waals surface area contributed by atoms with Crippen LogP contribution in [-0.2, 0) is 4.74 Å². The molecule has 2 fully saturated rings. The Morgan fingerprint density at radius 1 is 1.20 bits per heavy atom. The van der Waals surface area contributed by atoms with Gasteiger partial charge < -0.3 is 10.1 Å². The van der Waals surface area contributed by atoms with Gasteiger partial charge in [-0.2, -0.15) is 0 Å². The number of hydrogen-bond acceptors (Lipinski definition) is 2. The number of rotatable bonds is 7. The van der Waals surface area contributed by atoms with Gasteiger partial charge in [0.1, 0.15) is 5.82 Å². The van der Waals surface area contributed by atoms with E-state index in [1.54, 1.807) is 12.1 Å². The maximum atomic E-state index is 13.1. The highest BCUT2D eigenvalue weighted by Crippen LogP contribution is 2.27. The highest BCUT2D eigenvalue weighted by atomic mass is 19.1. The lowest BCUT2D eigenvalue weighted by Crippen LogP contribution is -2.24. The minimum atomic E-state index is -0.151. The van der Waals surface area contributed by atoms with E-state index >= 15 is 0 Å². The minimum Gasteiger partial charge on any atom is -0.378 e. The van der Waals surface area contributed by atoms with E-state index in [1.807, 2.05) is 12.1 Å². The molecule has 1 aliphatic carbocycles. The predicted octanol–water partition coefficient (Wildman–Crippen LogP) is 3.62. The summed E-state index contributed by atoms with van der Waals surface area (Å²) in [6.07, 6.45) is 7.70. The quantitative estimate of drug-likeness (QED) is 0.822. The van der Waals surface area contributed by atoms with E-state index in [0.717, 1.165) is 32.0 Å². The van der Waals surface area contributed by atoms with Gasteiger partial charge in [-0.15, -0.1) is 0 Å². The number of hydrogen-bond donors (Lipinski definition) is 1. The fourth-order valence-corrected chi connectivity index (χ4v) is 2.98. The Bertz CT molecular complexity index is 410. The van der Waals surface area contributed by atoms with Crippen molar-refractivity contribution in [3.8, 4) is 0 Å². The van der Waals surface area contributed by atoms with Gasteiger partial charge in [-0.25, -0.2) is 4.39 Å². The van der Waals surface area contributed by atoms with Crippen molar-refractivity contribution in [2.45, 2.75) is 56.6 Å². The van der Waals surface area contributed by atoms with Gasteiger partial charge in [0, 0.05) is 19.2 Å². The summed E-state index contributed by atoms with van der Waals surface area (Å²) in [5, 5.41) is 3.61. The standard InChI is InChI=1S/C17H24FNO/c18-15-6-3-13(4-7-15)14(12-19-16-8-9-16)5-10-17-2-1-11-20-17/h3-4,6-7,14,16-17,19H,1-2,5,8-12H2. The van der Waals surface area contributed by atoms with E-state index in [9.17, 15) is 4.39 Å². The Kier molecular flexibility index (Phi) is 4.69. The van der Waals surface area contributed by atoms with Crippen LogP contribution in [-0.4, -0.2) is 25.3 Å². The number of nitrogens with one attached hydrogen (secondary N) is 1. The van der Waals surface area contributed by atoms with Gasteiger partial charge in [-0.3, -0.25) is 0 Å². The van der Waals surface area contributed by atoms with Gasteiger partial charge in [-0.05, 0) is 62.1 Å². The molecule has 1 saturated heterocycles. The van der Waals surface area contributed by atoms with Crippen molar-refractivity contribution >= 4 is 0 Å². The minimum absolute atomic E-state index is 0.151. The van der Waals surface area contributed by atoms with Crippen molar-refractivity contribution in [3.63, 3.8) is 0 Å². The zero-order valence-electron chi connectivity index (χ0n) is 12.0. The average molecular weight is 277 g/mol. The van der Waals surface area contributed by atoms with Crippen molar-refractivity contribution in [2.24, 2.45) is 0 Å². The zero-order chi connectivity index (χ0) is 13.8. The second-order valence-corrected chi connectivity index (χ2v) is 6.14. The fourth-order valence-electron chi connectivity index (χ4n) is 2.98. The molecule has 2 nitrogen and oxygen atoms in total. The Balaban J connectivity index is 1.57. The average Bonchev–Trinajstić information content (AvgIpc) is 3.14. The molecular weight excluding hydrogens is 253 g/mol. The van der Waals surface area contributed by atoms with Gasteiger partial charge in [0.25, 0.3) is 0 Å². The molecule has 3 rings (SSSR count). The third-order valence-electron chi connectivity index (χ3n) is 4.43. The molecule has 1 saturated carbocycles. The van der Waals surface area contributed by atoms with Crippen LogP contribution < -0.4 is 5.32 Å². The van der Waals surface area contributed by atoms with Crippen LogP contribution in [0, 0.1) is 5.82 Å². The molecule has 2 aliphatic rings. The molecule has 0 bridgehead atoms. The fraction of sp³-hybridized carbons (Fsp3) is 0.647. The van der Waals surface area contributed by atoms with E-state index in [4.69, 9.17) is 4.74 Å². The van der Waals surface area contributed by atoms with Crippen LogP contribution in [0.4, 0.5) is 4.39 Å². The molecule has 1 N–H and O–H groups in total. The summed E-state index contributed by atoms with van der Waals surface area (Å²) < 4.78 is 18.8. The lowest BCUT2D eigenvalue weighted by atomic mass is 9.92. The Morgan fingerprint density at radius 2 is 2.00 bits per heavy atom. The normalized spacial score (nSPS) is 23.9. The Labute approximate surface area is 120 Å². The maximum absolute atomic E-state index is 13.1. The molecule has 0 spiro atoms. The molecule has 0 amide bonds. The smallest absolute Gasteiger partial charge is 0.123 e. The monoisotopic (exact) mass is 277 g/mol. The second-order valence-electron chi connectivity index (χ2n) is 6.14. The lowest BCUT2D eigenvalue weighted by molar-refractivity contribution is 0.101. The lowest BCUT2D eigenvalue weighted by Gasteiger charge is -2.20. The highest BCUT2D eigenvalue weighted by molar-refractivity contribution is 5.21. The van der Waals surface area contributed by atoms with Crippen molar-refractivity contribution in [2.75, 3.05) is 13.2 Å². The molecule has 2 unspecified atom stereocenters. The molecule has 1 aliphatic heterocycles. The van der Waals surface area contributed by atoms with Crippen LogP contribution in [0.2, 0.25) is 0 Å². The van der Waals surface area contributed by atoms with Crippen molar-refractivity contribution in [3.05, 3.63) is 35.6 Å². The van der Waals surface area contributed by atoms with Crippen molar-refractivity contribution < 1.29 is 9.13 Å². The number of halogens is 1. The molecule has 20 heavy (non-hydrogen) atoms. The van der Waals surface area contributed by atoms with Crippen LogP contribution in [0.1, 0.15) is 50.0 Å². The van der Waals surface area contributed by atoms with Crippen LogP contribution in [0.3, 0.4) is 0 Å². The molecule has 2 atom stereocenters. The van der Waals surface area contributed by atoms with Gasteiger partial charge in [0.15, 0.2) is 0 Å². The molecule has 0 radical (unpaired) electrons. The predicted molar refractivity (Wildman–Crippen MR) is 78.4 cm³/mol. The number of benzene rings is 1. The van der Waals surface area contributed by atoms with E-state index in [2.05, 4.69) is 5.32 Å². The van der Waals surface area contributed by atoms with Crippen LogP contribution in [0.5, 0.6) is 0 Å². The topological polar surface area (TPSA) is 21.3 Å². The number of ether oxygens (including phenoxy) is 1. The van der Waals surface area contributed by atoms with Gasteiger partial charge in [0.2, 0.25) is 0 Å². The zero-order valence-corrected chi connectivity index (χ0v) is 12.0. The first-order valence-corrected chi connectivity index (χ1v) is 7.92. The Hall–Kier alpha value is -0.930. The summed E-state index contributed by atoms with van der Waals surface area (Å²) in [5.74, 6) is 0.321. The first-order chi connectivity index (χ1) is 9.81. The first-order valence-electron chi connectivity index (χ1n) is 7.92. The largest absolute Gasteiger partial charge is 0.378 e. The van der Waals surface area contributed by atoms with E-state index < -0.39 is 0 Å². The van der Waals surface area contributed by atoms with Crippen LogP contribution in [0.15, 0.2) is 24.3 Å². The van der Waals surface area contributed by atoms with E-state index in [0.29, 0.717) is 12.0 Å². The van der Waals surface area contributed by atoms with Crippen molar-refractivity contribution in [1.82, 2.24) is 5.32 Å². The molecule has 1 aromatic rings. The molecular formula is C17H24FNO. The van der Waals surface area contributed by atoms with Gasteiger partial charge in [0.05, 0.1) is 6.10 Å². The SMILES string of the molecule is Fc1ccc(C(CCC2CCCO2)CNC2CC2)cc1. The summed E-state index contributed by atoms with van der Waals surface area (Å²) in [5.41, 5.74) is 1.25. The second kappa shape index (κ2) is 6.68. The molecule has 3 heteroatoms. The van der Waals surface area contributed by atoms with E-state index in [1.165, 1.54) is 31.2 Å². The molecule has 110 valence electrons. The Morgan fingerprint density at radius 3 is 2.65 bits per heavy atom. The van der Waals surface area contributed by atoms with Crippen molar-refractivity contribution in [1.29, 1.82) is 0 Å². The summed E-state index contributed by atoms with van der Waals surface area (Å²) >= 11 is 0. The van der Waals surface area contributed by atoms with Crippen LogP contribution >= 0.6 is 0 Å². The summed E-state index contributed by atoms with van der Waals surface area (Å²) in [4.78, 5) is 0. The summed E-state index contributed by atoms with van der Waals surface area (Å²) in [6, 6.07) is 7.74. The van der Waals surface area contributed by atoms with Gasteiger partial charge >= 0.3 is 0 Å². The first kappa shape index (κ1) is 14.0. The van der Waals surface area contributed by atoms with E-state index in [-0.39, 0.29) is 5.82 Å². The summed E-state index contributed by atoms with van der Waals surface area (Å²) in [7, 11) is 0. The molecule has 1 aromatic carbocycles. The third kappa shape index (κ3) is 4.03. The van der Waals surface area contributed by atoms with Gasteiger partial charge in [-0.1, -0.05) is 12.1 Å². The summed E-state index contributed by atoms with van der Waals surface area (Å²) in [6.45, 7) is 1.93. The third-order valence-corrected chi connectivity index (χ3v) is 4.43.